The number of carbonyl (C=O) groups is 1. The predicted molar refractivity (Wildman–Crippen MR) is 54.0 cm³/mol. The summed E-state index contributed by atoms with van der Waals surface area (Å²) in [6.45, 7) is 1.65. The lowest BCUT2D eigenvalue weighted by Crippen LogP contribution is -2.08. The molecule has 0 aliphatic carbocycles. The maximum absolute atomic E-state index is 13.6. The Hall–Kier alpha value is -1.29. The van der Waals surface area contributed by atoms with Crippen LogP contribution in [0.1, 0.15) is 15.9 Å². The fourth-order valence-corrected chi connectivity index (χ4v) is 1.38. The molecule has 0 aromatic heterocycles. The van der Waals surface area contributed by atoms with Gasteiger partial charge in [-0.3, -0.25) is 0 Å². The van der Waals surface area contributed by atoms with Gasteiger partial charge in [-0.2, -0.15) is 0 Å². The van der Waals surface area contributed by atoms with Crippen LogP contribution in [-0.4, -0.2) is 20.2 Å². The van der Waals surface area contributed by atoms with E-state index in [0.717, 1.165) is 7.11 Å². The zero-order valence-electron chi connectivity index (χ0n) is 8.56. The van der Waals surface area contributed by atoms with Gasteiger partial charge in [-0.05, 0) is 18.6 Å². The molecule has 0 aliphatic heterocycles. The Bertz CT molecular complexity index is 404. The molecule has 3 nitrogen and oxygen atoms in total. The second-order valence-electron chi connectivity index (χ2n) is 2.89. The van der Waals surface area contributed by atoms with Gasteiger partial charge >= 0.3 is 5.97 Å². The van der Waals surface area contributed by atoms with Gasteiger partial charge in [0.25, 0.3) is 0 Å². The van der Waals surface area contributed by atoms with Crippen LogP contribution in [0.5, 0.6) is 5.75 Å². The maximum atomic E-state index is 13.6. The quantitative estimate of drug-likeness (QED) is 0.736. The number of carbonyl (C=O) groups excluding carboxylic acids is 1. The molecule has 0 radical (unpaired) electrons. The van der Waals surface area contributed by atoms with Crippen molar-refractivity contribution in [2.45, 2.75) is 6.92 Å². The molecule has 82 valence electrons. The first-order chi connectivity index (χ1) is 7.02. The number of rotatable bonds is 2. The van der Waals surface area contributed by atoms with Crippen molar-refractivity contribution >= 4 is 17.6 Å². The second-order valence-corrected chi connectivity index (χ2v) is 3.27. The molecule has 5 heteroatoms. The molecule has 1 rings (SSSR count). The third kappa shape index (κ3) is 2.04. The number of esters is 1. The van der Waals surface area contributed by atoms with E-state index in [4.69, 9.17) is 16.3 Å². The van der Waals surface area contributed by atoms with Crippen LogP contribution in [0.2, 0.25) is 5.02 Å². The Kier molecular flexibility index (Phi) is 3.52. The van der Waals surface area contributed by atoms with Crippen molar-refractivity contribution in [2.75, 3.05) is 14.2 Å². The Morgan fingerprint density at radius 2 is 2.07 bits per heavy atom. The van der Waals surface area contributed by atoms with Gasteiger partial charge in [0.1, 0.15) is 5.56 Å². The highest BCUT2D eigenvalue weighted by atomic mass is 35.5. The smallest absolute Gasteiger partial charge is 0.342 e. The summed E-state index contributed by atoms with van der Waals surface area (Å²) in [7, 11) is 2.47. The third-order valence-electron chi connectivity index (χ3n) is 1.96. The van der Waals surface area contributed by atoms with Crippen molar-refractivity contribution in [3.8, 4) is 5.75 Å². The van der Waals surface area contributed by atoms with E-state index in [-0.39, 0.29) is 16.3 Å². The zero-order chi connectivity index (χ0) is 11.6. The van der Waals surface area contributed by atoms with E-state index in [1.165, 1.54) is 13.2 Å². The van der Waals surface area contributed by atoms with Crippen LogP contribution in [0, 0.1) is 12.7 Å². The number of ether oxygens (including phenoxy) is 2. The van der Waals surface area contributed by atoms with Crippen LogP contribution >= 0.6 is 11.6 Å². The largest absolute Gasteiger partial charge is 0.494 e. The predicted octanol–water partition coefficient (Wildman–Crippen LogP) is 2.58. The van der Waals surface area contributed by atoms with Crippen LogP contribution in [0.3, 0.4) is 0 Å². The average Bonchev–Trinajstić information content (AvgIpc) is 2.23. The van der Waals surface area contributed by atoms with Gasteiger partial charge in [0.2, 0.25) is 0 Å². The Labute approximate surface area is 91.7 Å². The lowest BCUT2D eigenvalue weighted by atomic mass is 10.1. The van der Waals surface area contributed by atoms with Gasteiger partial charge in [-0.25, -0.2) is 9.18 Å². The maximum Gasteiger partial charge on any atom is 0.342 e. The molecule has 0 heterocycles. The number of benzene rings is 1. The van der Waals surface area contributed by atoms with E-state index in [1.807, 2.05) is 0 Å². The molecule has 0 N–H and O–H groups in total. The van der Waals surface area contributed by atoms with E-state index >= 15 is 0 Å². The molecule has 0 amide bonds. The molecular formula is C10H10ClFO3. The van der Waals surface area contributed by atoms with E-state index in [1.54, 1.807) is 6.92 Å². The minimum Gasteiger partial charge on any atom is -0.494 e. The Morgan fingerprint density at radius 1 is 1.47 bits per heavy atom. The van der Waals surface area contributed by atoms with Crippen LogP contribution < -0.4 is 4.74 Å². The van der Waals surface area contributed by atoms with Gasteiger partial charge < -0.3 is 9.47 Å². The van der Waals surface area contributed by atoms with Crippen molar-refractivity contribution < 1.29 is 18.7 Å². The van der Waals surface area contributed by atoms with E-state index in [2.05, 4.69) is 4.74 Å². The summed E-state index contributed by atoms with van der Waals surface area (Å²) in [6, 6.07) is 1.42. The molecule has 0 bridgehead atoms. The molecule has 15 heavy (non-hydrogen) atoms. The lowest BCUT2D eigenvalue weighted by Gasteiger charge is -2.10. The summed E-state index contributed by atoms with van der Waals surface area (Å²) < 4.78 is 22.8. The summed E-state index contributed by atoms with van der Waals surface area (Å²) in [4.78, 5) is 11.3. The fraction of sp³-hybridized carbons (Fsp3) is 0.300. The monoisotopic (exact) mass is 232 g/mol. The molecule has 0 unspecified atom stereocenters. The fourth-order valence-electron chi connectivity index (χ4n) is 1.17. The van der Waals surface area contributed by atoms with Gasteiger partial charge in [-0.1, -0.05) is 11.6 Å². The highest BCUT2D eigenvalue weighted by Gasteiger charge is 2.22. The molecule has 1 aromatic rings. The zero-order valence-corrected chi connectivity index (χ0v) is 9.31. The highest BCUT2D eigenvalue weighted by molar-refractivity contribution is 6.34. The molecule has 0 aliphatic rings. The van der Waals surface area contributed by atoms with Crippen LogP contribution in [0.4, 0.5) is 4.39 Å². The average molecular weight is 233 g/mol. The number of aryl methyl sites for hydroxylation is 1. The van der Waals surface area contributed by atoms with E-state index < -0.39 is 11.8 Å². The molecule has 0 saturated carbocycles. The summed E-state index contributed by atoms with van der Waals surface area (Å²) in [5.74, 6) is -1.66. The molecular weight excluding hydrogens is 223 g/mol. The van der Waals surface area contributed by atoms with E-state index in [9.17, 15) is 9.18 Å². The van der Waals surface area contributed by atoms with Crippen LogP contribution in [-0.2, 0) is 4.74 Å². The first-order valence-electron chi connectivity index (χ1n) is 4.13. The second kappa shape index (κ2) is 4.49. The summed E-state index contributed by atoms with van der Waals surface area (Å²) in [5.41, 5.74) is 0.256. The van der Waals surface area contributed by atoms with Crippen LogP contribution in [0.25, 0.3) is 0 Å². The summed E-state index contributed by atoms with van der Waals surface area (Å²) in [6.07, 6.45) is 0. The number of halogens is 2. The Morgan fingerprint density at radius 3 is 2.53 bits per heavy atom. The normalized spacial score (nSPS) is 9.93. The topological polar surface area (TPSA) is 35.5 Å². The first-order valence-corrected chi connectivity index (χ1v) is 4.51. The first kappa shape index (κ1) is 11.8. The number of hydrogen-bond donors (Lipinski definition) is 0. The van der Waals surface area contributed by atoms with E-state index in [0.29, 0.717) is 5.56 Å². The lowest BCUT2D eigenvalue weighted by molar-refractivity contribution is 0.0594. The SMILES string of the molecule is COC(=O)c1c(F)c(OC)cc(C)c1Cl. The Balaban J connectivity index is 3.47. The molecule has 0 atom stereocenters. The molecule has 0 spiro atoms. The molecule has 0 fully saturated rings. The number of hydrogen-bond acceptors (Lipinski definition) is 3. The van der Waals surface area contributed by atoms with Crippen molar-refractivity contribution in [2.24, 2.45) is 0 Å². The molecule has 1 aromatic carbocycles. The van der Waals surface area contributed by atoms with Crippen molar-refractivity contribution in [3.63, 3.8) is 0 Å². The minimum absolute atomic E-state index is 0.0303. The van der Waals surface area contributed by atoms with Crippen molar-refractivity contribution in [1.29, 1.82) is 0 Å². The summed E-state index contributed by atoms with van der Waals surface area (Å²) >= 11 is 5.80. The van der Waals surface area contributed by atoms with Gasteiger partial charge in [0.05, 0.1) is 19.2 Å². The van der Waals surface area contributed by atoms with Crippen molar-refractivity contribution in [3.05, 3.63) is 28.0 Å². The van der Waals surface area contributed by atoms with Crippen molar-refractivity contribution in [1.82, 2.24) is 0 Å². The van der Waals surface area contributed by atoms with Gasteiger partial charge in [-0.15, -0.1) is 0 Å². The number of methoxy groups -OCH3 is 2. The van der Waals surface area contributed by atoms with Crippen LogP contribution in [0.15, 0.2) is 6.07 Å². The standard InChI is InChI=1S/C10H10ClFO3/c1-5-4-6(14-2)9(12)7(8(5)11)10(13)15-3/h4H,1-3H3. The van der Waals surface area contributed by atoms with Gasteiger partial charge in [0, 0.05) is 0 Å². The minimum atomic E-state index is -0.820. The highest BCUT2D eigenvalue weighted by Crippen LogP contribution is 2.31. The molecule has 0 saturated heterocycles. The van der Waals surface area contributed by atoms with Gasteiger partial charge in [0.15, 0.2) is 11.6 Å². The third-order valence-corrected chi connectivity index (χ3v) is 2.45. The summed E-state index contributed by atoms with van der Waals surface area (Å²) in [5, 5.41) is 0.0418.